The summed E-state index contributed by atoms with van der Waals surface area (Å²) < 4.78 is 10.9. The van der Waals surface area contributed by atoms with Gasteiger partial charge in [0.25, 0.3) is 0 Å². The molecule has 19 heavy (non-hydrogen) atoms. The van der Waals surface area contributed by atoms with Crippen LogP contribution < -0.4 is 10.5 Å². The van der Waals surface area contributed by atoms with Crippen LogP contribution in [0.25, 0.3) is 0 Å². The van der Waals surface area contributed by atoms with E-state index < -0.39 is 0 Å². The van der Waals surface area contributed by atoms with E-state index in [9.17, 15) is 0 Å². The molecule has 1 aromatic rings. The zero-order valence-corrected chi connectivity index (χ0v) is 11.7. The summed E-state index contributed by atoms with van der Waals surface area (Å²) in [6.07, 6.45) is 0. The molecule has 0 aliphatic rings. The van der Waals surface area contributed by atoms with Gasteiger partial charge in [0.1, 0.15) is 12.3 Å². The Labute approximate surface area is 112 Å². The van der Waals surface area contributed by atoms with E-state index in [1.54, 1.807) is 13.0 Å². The zero-order chi connectivity index (χ0) is 14.5. The van der Waals surface area contributed by atoms with E-state index in [4.69, 9.17) is 20.4 Å². The highest BCUT2D eigenvalue weighted by Gasteiger charge is 2.10. The first-order valence-electron chi connectivity index (χ1n) is 5.92. The van der Waals surface area contributed by atoms with Crippen LogP contribution in [-0.4, -0.2) is 39.8 Å². The molecule has 7 heteroatoms. The average molecular weight is 268 g/mol. The first-order valence-corrected chi connectivity index (χ1v) is 5.92. The quantitative estimate of drug-likeness (QED) is 0.272. The molecule has 0 saturated heterocycles. The van der Waals surface area contributed by atoms with E-state index in [-0.39, 0.29) is 17.4 Å². The summed E-state index contributed by atoms with van der Waals surface area (Å²) in [4.78, 5) is 8.14. The van der Waals surface area contributed by atoms with Gasteiger partial charge >= 0.3 is 6.01 Å². The number of nitrogens with zero attached hydrogens (tertiary/aromatic N) is 3. The largest absolute Gasteiger partial charge is 0.461 e. The number of hydrogen-bond donors (Lipinski definition) is 2. The molecule has 0 aliphatic carbocycles. The van der Waals surface area contributed by atoms with Crippen molar-refractivity contribution in [3.8, 4) is 6.01 Å². The number of oxime groups is 1. The molecule has 0 bridgehead atoms. The Morgan fingerprint density at radius 2 is 2.05 bits per heavy atom. The van der Waals surface area contributed by atoms with E-state index in [1.165, 1.54) is 0 Å². The molecular formula is C12H20N4O3. The van der Waals surface area contributed by atoms with Crippen molar-refractivity contribution in [2.75, 3.05) is 13.2 Å². The van der Waals surface area contributed by atoms with Crippen LogP contribution in [0.1, 0.15) is 32.2 Å². The first-order chi connectivity index (χ1) is 8.81. The summed E-state index contributed by atoms with van der Waals surface area (Å²) in [6, 6.07) is 1.78. The summed E-state index contributed by atoms with van der Waals surface area (Å²) in [6.45, 7) is 8.43. The van der Waals surface area contributed by atoms with Gasteiger partial charge in [-0.25, -0.2) is 4.98 Å². The first kappa shape index (κ1) is 15.2. The molecule has 3 N–H and O–H groups in total. The molecular weight excluding hydrogens is 248 g/mol. The molecule has 1 aromatic heterocycles. The third-order valence-electron chi connectivity index (χ3n) is 2.05. The highest BCUT2D eigenvalue weighted by atomic mass is 16.5. The zero-order valence-electron chi connectivity index (χ0n) is 11.7. The predicted octanol–water partition coefficient (Wildman–Crippen LogP) is 1.07. The molecule has 0 unspecified atom stereocenters. The standard InChI is InChI=1S/C12H20N4O3/c1-8-7-9(10(13)16-17)15-11(14-8)18-5-6-19-12(2,3)4/h7,17H,5-6H2,1-4H3,(H2,13,16). The molecule has 106 valence electrons. The van der Waals surface area contributed by atoms with Crippen molar-refractivity contribution in [3.63, 3.8) is 0 Å². The molecule has 0 radical (unpaired) electrons. The molecule has 1 heterocycles. The van der Waals surface area contributed by atoms with Gasteiger partial charge < -0.3 is 20.4 Å². The minimum Gasteiger partial charge on any atom is -0.461 e. The summed E-state index contributed by atoms with van der Waals surface area (Å²) in [5.41, 5.74) is 6.25. The van der Waals surface area contributed by atoms with Crippen molar-refractivity contribution in [1.82, 2.24) is 9.97 Å². The second-order valence-corrected chi connectivity index (χ2v) is 4.97. The van der Waals surface area contributed by atoms with Crippen LogP contribution in [0, 0.1) is 6.92 Å². The smallest absolute Gasteiger partial charge is 0.317 e. The SMILES string of the molecule is Cc1cc(/C(N)=N/O)nc(OCCOC(C)(C)C)n1. The molecule has 0 saturated carbocycles. The Morgan fingerprint density at radius 3 is 2.63 bits per heavy atom. The van der Waals surface area contributed by atoms with Crippen LogP contribution in [-0.2, 0) is 4.74 Å². The Hall–Kier alpha value is -1.89. The van der Waals surface area contributed by atoms with Crippen molar-refractivity contribution < 1.29 is 14.7 Å². The fourth-order valence-electron chi connectivity index (χ4n) is 1.27. The Balaban J connectivity index is 2.62. The number of hydrogen-bond acceptors (Lipinski definition) is 6. The molecule has 0 atom stereocenters. The topological polar surface area (TPSA) is 103 Å². The van der Waals surface area contributed by atoms with Gasteiger partial charge in [0.05, 0.1) is 12.2 Å². The van der Waals surface area contributed by atoms with Gasteiger partial charge in [-0.05, 0) is 33.8 Å². The molecule has 0 aliphatic heterocycles. The maximum Gasteiger partial charge on any atom is 0.317 e. The maximum absolute atomic E-state index is 8.62. The molecule has 1 rings (SSSR count). The predicted molar refractivity (Wildman–Crippen MR) is 70.5 cm³/mol. The Kier molecular flexibility index (Phi) is 5.05. The van der Waals surface area contributed by atoms with Crippen molar-refractivity contribution >= 4 is 5.84 Å². The van der Waals surface area contributed by atoms with Gasteiger partial charge in [0.15, 0.2) is 5.84 Å². The fourth-order valence-corrected chi connectivity index (χ4v) is 1.27. The third-order valence-corrected chi connectivity index (χ3v) is 2.05. The van der Waals surface area contributed by atoms with Gasteiger partial charge in [-0.1, -0.05) is 5.16 Å². The summed E-state index contributed by atoms with van der Waals surface area (Å²) >= 11 is 0. The Morgan fingerprint density at radius 1 is 1.37 bits per heavy atom. The van der Waals surface area contributed by atoms with Crippen molar-refractivity contribution in [2.24, 2.45) is 10.9 Å². The molecule has 0 aromatic carbocycles. The van der Waals surface area contributed by atoms with Crippen molar-refractivity contribution in [2.45, 2.75) is 33.3 Å². The lowest BCUT2D eigenvalue weighted by atomic mass is 10.2. The molecule has 0 fully saturated rings. The molecule has 0 amide bonds. The van der Waals surface area contributed by atoms with Crippen LogP contribution in [0.2, 0.25) is 0 Å². The minimum atomic E-state index is -0.212. The van der Waals surface area contributed by atoms with Crippen molar-refractivity contribution in [1.29, 1.82) is 0 Å². The summed E-state index contributed by atoms with van der Waals surface area (Å²) in [5.74, 6) is -0.0821. The monoisotopic (exact) mass is 268 g/mol. The van der Waals surface area contributed by atoms with Gasteiger partial charge in [-0.15, -0.1) is 0 Å². The fraction of sp³-hybridized carbons (Fsp3) is 0.583. The average Bonchev–Trinajstić information content (AvgIpc) is 2.32. The van der Waals surface area contributed by atoms with Crippen molar-refractivity contribution in [3.05, 3.63) is 17.5 Å². The van der Waals surface area contributed by atoms with Crippen LogP contribution >= 0.6 is 0 Å². The molecule has 0 spiro atoms. The lowest BCUT2D eigenvalue weighted by molar-refractivity contribution is -0.0174. The van der Waals surface area contributed by atoms with E-state index in [1.807, 2.05) is 20.8 Å². The minimum absolute atomic E-state index is 0.0821. The molecule has 7 nitrogen and oxygen atoms in total. The second-order valence-electron chi connectivity index (χ2n) is 4.97. The number of ether oxygens (including phenoxy) is 2. The number of nitrogens with two attached hydrogens (primary N) is 1. The van der Waals surface area contributed by atoms with Crippen LogP contribution in [0.5, 0.6) is 6.01 Å². The highest BCUT2D eigenvalue weighted by molar-refractivity contribution is 5.95. The second kappa shape index (κ2) is 6.33. The lowest BCUT2D eigenvalue weighted by Gasteiger charge is -2.19. The Bertz CT molecular complexity index is 455. The van der Waals surface area contributed by atoms with Crippen LogP contribution in [0.4, 0.5) is 0 Å². The van der Waals surface area contributed by atoms with E-state index in [2.05, 4.69) is 15.1 Å². The van der Waals surface area contributed by atoms with E-state index in [0.29, 0.717) is 24.6 Å². The summed E-state index contributed by atoms with van der Waals surface area (Å²) in [7, 11) is 0. The van der Waals surface area contributed by atoms with Gasteiger partial charge in [0.2, 0.25) is 0 Å². The number of aromatic nitrogens is 2. The third kappa shape index (κ3) is 5.52. The van der Waals surface area contributed by atoms with Gasteiger partial charge in [0, 0.05) is 5.69 Å². The number of amidine groups is 1. The van der Waals surface area contributed by atoms with Gasteiger partial charge in [-0.2, -0.15) is 4.98 Å². The normalized spacial score (nSPS) is 12.5. The number of rotatable bonds is 5. The van der Waals surface area contributed by atoms with Gasteiger partial charge in [-0.3, -0.25) is 0 Å². The lowest BCUT2D eigenvalue weighted by Crippen LogP contribution is -2.23. The highest BCUT2D eigenvalue weighted by Crippen LogP contribution is 2.09. The van der Waals surface area contributed by atoms with Crippen LogP contribution in [0.3, 0.4) is 0 Å². The number of aryl methyl sites for hydroxylation is 1. The maximum atomic E-state index is 8.62. The van der Waals surface area contributed by atoms with E-state index in [0.717, 1.165) is 0 Å². The summed E-state index contributed by atoms with van der Waals surface area (Å²) in [5, 5.41) is 11.5. The van der Waals surface area contributed by atoms with Crippen LogP contribution in [0.15, 0.2) is 11.2 Å². The van der Waals surface area contributed by atoms with E-state index >= 15 is 0 Å².